The standard InChI is InChI=1S/C26H28ClN3O3S/c27-23-15-14-22(34(32,33)30-16-8-3-9-17-30)18-24(23)29-25(31)19-28-26(20-10-4-1-5-11-20)21-12-6-2-7-13-21/h1-2,4-7,10-15,18,26,28H,3,8-9,16-17,19H2,(H,29,31). The lowest BCUT2D eigenvalue weighted by atomic mass is 9.99. The monoisotopic (exact) mass is 497 g/mol. The van der Waals surface area contributed by atoms with Crippen molar-refractivity contribution >= 4 is 33.2 Å². The summed E-state index contributed by atoms with van der Waals surface area (Å²) in [5.41, 5.74) is 2.35. The summed E-state index contributed by atoms with van der Waals surface area (Å²) in [4.78, 5) is 12.9. The Kier molecular flexibility index (Phi) is 8.00. The van der Waals surface area contributed by atoms with Crippen molar-refractivity contribution in [2.75, 3.05) is 25.0 Å². The van der Waals surface area contributed by atoms with Crippen molar-refractivity contribution in [3.05, 3.63) is 95.0 Å². The molecule has 1 fully saturated rings. The van der Waals surface area contributed by atoms with E-state index >= 15 is 0 Å². The molecule has 0 aliphatic carbocycles. The largest absolute Gasteiger partial charge is 0.324 e. The summed E-state index contributed by atoms with van der Waals surface area (Å²) in [5, 5.41) is 6.36. The molecule has 6 nitrogen and oxygen atoms in total. The Morgan fingerprint density at radius 3 is 2.06 bits per heavy atom. The van der Waals surface area contributed by atoms with Crippen LogP contribution in [0.25, 0.3) is 0 Å². The topological polar surface area (TPSA) is 78.5 Å². The van der Waals surface area contributed by atoms with Crippen LogP contribution in [0.4, 0.5) is 5.69 Å². The number of halogens is 1. The first kappa shape index (κ1) is 24.4. The number of nitrogens with one attached hydrogen (secondary N) is 2. The molecular formula is C26H28ClN3O3S. The van der Waals surface area contributed by atoms with E-state index in [1.807, 2.05) is 60.7 Å². The van der Waals surface area contributed by atoms with E-state index in [2.05, 4.69) is 10.6 Å². The van der Waals surface area contributed by atoms with Crippen LogP contribution in [-0.4, -0.2) is 38.3 Å². The third-order valence-electron chi connectivity index (χ3n) is 5.90. The average molecular weight is 498 g/mol. The highest BCUT2D eigenvalue weighted by atomic mass is 35.5. The van der Waals surface area contributed by atoms with Gasteiger partial charge in [0.05, 0.1) is 28.2 Å². The van der Waals surface area contributed by atoms with Gasteiger partial charge in [0.15, 0.2) is 0 Å². The summed E-state index contributed by atoms with van der Waals surface area (Å²) < 4.78 is 27.5. The lowest BCUT2D eigenvalue weighted by Crippen LogP contribution is -2.35. The lowest BCUT2D eigenvalue weighted by molar-refractivity contribution is -0.115. The number of sulfonamides is 1. The number of hydrogen-bond donors (Lipinski definition) is 2. The highest BCUT2D eigenvalue weighted by molar-refractivity contribution is 7.89. The average Bonchev–Trinajstić information content (AvgIpc) is 2.87. The third kappa shape index (κ3) is 5.85. The number of amides is 1. The van der Waals surface area contributed by atoms with Gasteiger partial charge in [-0.15, -0.1) is 0 Å². The van der Waals surface area contributed by atoms with Crippen molar-refractivity contribution in [3.8, 4) is 0 Å². The Bertz CT molecular complexity index is 1180. The van der Waals surface area contributed by atoms with E-state index in [1.54, 1.807) is 0 Å². The van der Waals surface area contributed by atoms with Crippen LogP contribution in [0.2, 0.25) is 5.02 Å². The van der Waals surface area contributed by atoms with E-state index in [0.29, 0.717) is 13.1 Å². The molecule has 3 aromatic rings. The van der Waals surface area contributed by atoms with Crippen LogP contribution in [0.5, 0.6) is 0 Å². The van der Waals surface area contributed by atoms with E-state index < -0.39 is 10.0 Å². The van der Waals surface area contributed by atoms with Crippen LogP contribution in [0.1, 0.15) is 36.4 Å². The van der Waals surface area contributed by atoms with Gasteiger partial charge < -0.3 is 5.32 Å². The second kappa shape index (κ2) is 11.1. The van der Waals surface area contributed by atoms with Crippen molar-refractivity contribution in [1.82, 2.24) is 9.62 Å². The number of benzene rings is 3. The van der Waals surface area contributed by atoms with E-state index in [9.17, 15) is 13.2 Å². The van der Waals surface area contributed by atoms with Crippen LogP contribution in [-0.2, 0) is 14.8 Å². The first-order chi connectivity index (χ1) is 16.4. The van der Waals surface area contributed by atoms with Crippen molar-refractivity contribution in [3.63, 3.8) is 0 Å². The Balaban J connectivity index is 1.47. The van der Waals surface area contributed by atoms with Gasteiger partial charge in [-0.25, -0.2) is 8.42 Å². The van der Waals surface area contributed by atoms with Gasteiger partial charge in [0.25, 0.3) is 0 Å². The highest BCUT2D eigenvalue weighted by Crippen LogP contribution is 2.28. The number of hydrogen-bond acceptors (Lipinski definition) is 4. The van der Waals surface area contributed by atoms with Crippen molar-refractivity contribution in [1.29, 1.82) is 0 Å². The maximum atomic E-state index is 13.0. The molecule has 1 amide bonds. The molecule has 0 aromatic heterocycles. The molecule has 0 saturated carbocycles. The third-order valence-corrected chi connectivity index (χ3v) is 8.12. The minimum Gasteiger partial charge on any atom is -0.324 e. The molecule has 1 saturated heterocycles. The first-order valence-electron chi connectivity index (χ1n) is 11.4. The summed E-state index contributed by atoms with van der Waals surface area (Å²) in [6.07, 6.45) is 2.74. The molecule has 0 spiro atoms. The molecule has 1 aliphatic heterocycles. The van der Waals surface area contributed by atoms with E-state index in [-0.39, 0.29) is 34.1 Å². The van der Waals surface area contributed by atoms with E-state index in [4.69, 9.17) is 11.6 Å². The summed E-state index contributed by atoms with van der Waals surface area (Å²) >= 11 is 6.29. The number of carbonyl (C=O) groups excluding carboxylic acids is 1. The second-order valence-corrected chi connectivity index (χ2v) is 10.6. The van der Waals surface area contributed by atoms with Gasteiger partial charge in [-0.1, -0.05) is 78.7 Å². The number of nitrogens with zero attached hydrogens (tertiary/aromatic N) is 1. The number of anilines is 1. The van der Waals surface area contributed by atoms with Crippen molar-refractivity contribution < 1.29 is 13.2 Å². The maximum Gasteiger partial charge on any atom is 0.243 e. The van der Waals surface area contributed by atoms with Crippen LogP contribution in [0.15, 0.2) is 83.8 Å². The highest BCUT2D eigenvalue weighted by Gasteiger charge is 2.26. The van der Waals surface area contributed by atoms with Gasteiger partial charge in [0.2, 0.25) is 15.9 Å². The summed E-state index contributed by atoms with van der Waals surface area (Å²) in [6.45, 7) is 1.04. The zero-order chi connectivity index (χ0) is 24.0. The summed E-state index contributed by atoms with van der Waals surface area (Å²) in [6, 6.07) is 24.0. The Hall–Kier alpha value is -2.71. The predicted octanol–water partition coefficient (Wildman–Crippen LogP) is 4.83. The molecule has 0 bridgehead atoms. The molecule has 0 radical (unpaired) electrons. The first-order valence-corrected chi connectivity index (χ1v) is 13.2. The molecule has 1 aliphatic rings. The smallest absolute Gasteiger partial charge is 0.243 e. The minimum absolute atomic E-state index is 0.0217. The predicted molar refractivity (Wildman–Crippen MR) is 135 cm³/mol. The van der Waals surface area contributed by atoms with Crippen molar-refractivity contribution in [2.24, 2.45) is 0 Å². The van der Waals surface area contributed by atoms with Gasteiger partial charge in [0.1, 0.15) is 0 Å². The molecule has 0 atom stereocenters. The zero-order valence-corrected chi connectivity index (χ0v) is 20.4. The van der Waals surface area contributed by atoms with Gasteiger partial charge in [-0.05, 0) is 42.2 Å². The lowest BCUT2D eigenvalue weighted by Gasteiger charge is -2.26. The Morgan fingerprint density at radius 2 is 1.47 bits per heavy atom. The SMILES string of the molecule is O=C(CNC(c1ccccc1)c1ccccc1)Nc1cc(S(=O)(=O)N2CCCCC2)ccc1Cl. The normalized spacial score (nSPS) is 14.8. The second-order valence-electron chi connectivity index (χ2n) is 8.29. The van der Waals surface area contributed by atoms with Crippen LogP contribution in [0, 0.1) is 0 Å². The summed E-state index contributed by atoms with van der Waals surface area (Å²) in [7, 11) is -3.63. The molecule has 2 N–H and O–H groups in total. The van der Waals surface area contributed by atoms with Crippen molar-refractivity contribution in [2.45, 2.75) is 30.2 Å². The molecule has 178 valence electrons. The fourth-order valence-electron chi connectivity index (χ4n) is 4.12. The van der Waals surface area contributed by atoms with E-state index in [0.717, 1.165) is 30.4 Å². The molecule has 3 aromatic carbocycles. The quantitative estimate of drug-likeness (QED) is 0.467. The van der Waals surface area contributed by atoms with Crippen LogP contribution >= 0.6 is 11.6 Å². The van der Waals surface area contributed by atoms with Crippen LogP contribution in [0.3, 0.4) is 0 Å². The molecule has 0 unspecified atom stereocenters. The van der Waals surface area contributed by atoms with Gasteiger partial charge in [0, 0.05) is 13.1 Å². The fourth-order valence-corrected chi connectivity index (χ4v) is 5.83. The zero-order valence-electron chi connectivity index (χ0n) is 18.8. The van der Waals surface area contributed by atoms with Crippen LogP contribution < -0.4 is 10.6 Å². The molecule has 34 heavy (non-hydrogen) atoms. The molecule has 4 rings (SSSR count). The van der Waals surface area contributed by atoms with E-state index in [1.165, 1.54) is 22.5 Å². The fraction of sp³-hybridized carbons (Fsp3) is 0.269. The molecular weight excluding hydrogens is 470 g/mol. The molecule has 1 heterocycles. The Labute approximate surface area is 206 Å². The Morgan fingerprint density at radius 1 is 0.882 bits per heavy atom. The number of rotatable bonds is 8. The number of carbonyl (C=O) groups is 1. The van der Waals surface area contributed by atoms with Gasteiger partial charge in [-0.2, -0.15) is 4.31 Å². The summed E-state index contributed by atoms with van der Waals surface area (Å²) in [5.74, 6) is -0.314. The molecule has 8 heteroatoms. The maximum absolute atomic E-state index is 13.0. The van der Waals surface area contributed by atoms with Gasteiger partial charge in [-0.3, -0.25) is 10.1 Å². The minimum atomic E-state index is -3.63. The van der Waals surface area contributed by atoms with Gasteiger partial charge >= 0.3 is 0 Å². The number of piperidine rings is 1.